The third-order valence-electron chi connectivity index (χ3n) is 3.51. The van der Waals surface area contributed by atoms with Gasteiger partial charge in [0, 0.05) is 18.1 Å². The Labute approximate surface area is 129 Å². The third kappa shape index (κ3) is 3.23. The Bertz CT molecular complexity index is 761. The fraction of sp³-hybridized carbons (Fsp3) is 0.111. The first-order valence-corrected chi connectivity index (χ1v) is 7.15. The van der Waals surface area contributed by atoms with E-state index in [1.165, 1.54) is 0 Å². The minimum atomic E-state index is -0.0615. The van der Waals surface area contributed by atoms with Gasteiger partial charge < -0.3 is 9.88 Å². The molecule has 22 heavy (non-hydrogen) atoms. The van der Waals surface area contributed by atoms with E-state index in [2.05, 4.69) is 22.4 Å². The lowest BCUT2D eigenvalue weighted by molar-refractivity contribution is -0.116. The van der Waals surface area contributed by atoms with Crippen LogP contribution < -0.4 is 5.32 Å². The Morgan fingerprint density at radius 2 is 1.73 bits per heavy atom. The third-order valence-corrected chi connectivity index (χ3v) is 3.51. The maximum atomic E-state index is 12.0. The Kier molecular flexibility index (Phi) is 4.01. The predicted molar refractivity (Wildman–Crippen MR) is 87.5 cm³/mol. The molecule has 0 saturated heterocycles. The average Bonchev–Trinajstić information content (AvgIpc) is 2.94. The zero-order valence-corrected chi connectivity index (χ0v) is 12.4. The summed E-state index contributed by atoms with van der Waals surface area (Å²) in [6.07, 6.45) is 3.49. The second-order valence-electron chi connectivity index (χ2n) is 5.09. The highest BCUT2D eigenvalue weighted by atomic mass is 16.1. The molecular weight excluding hydrogens is 274 g/mol. The van der Waals surface area contributed by atoms with Crippen LogP contribution in [0.15, 0.2) is 67.0 Å². The molecule has 3 rings (SSSR count). The van der Waals surface area contributed by atoms with Crippen LogP contribution in [0.25, 0.3) is 11.1 Å². The molecule has 2 aromatic carbocycles. The van der Waals surface area contributed by atoms with Crippen LogP contribution >= 0.6 is 0 Å². The number of carbonyl (C=O) groups excluding carboxylic acids is 1. The normalized spacial score (nSPS) is 10.4. The van der Waals surface area contributed by atoms with Gasteiger partial charge in [-0.05, 0) is 30.2 Å². The zero-order valence-electron chi connectivity index (χ0n) is 12.4. The van der Waals surface area contributed by atoms with Crippen molar-refractivity contribution in [2.24, 2.45) is 0 Å². The van der Waals surface area contributed by atoms with Gasteiger partial charge in [-0.3, -0.25) is 4.79 Å². The van der Waals surface area contributed by atoms with Crippen molar-refractivity contribution in [1.82, 2.24) is 9.55 Å². The van der Waals surface area contributed by atoms with Gasteiger partial charge in [-0.1, -0.05) is 42.5 Å². The summed E-state index contributed by atoms with van der Waals surface area (Å²) < 4.78 is 1.81. The van der Waals surface area contributed by atoms with Gasteiger partial charge in [0.2, 0.25) is 5.91 Å². The molecule has 0 spiro atoms. The topological polar surface area (TPSA) is 46.9 Å². The maximum absolute atomic E-state index is 12.0. The van der Waals surface area contributed by atoms with Crippen molar-refractivity contribution in [3.05, 3.63) is 72.8 Å². The monoisotopic (exact) mass is 291 g/mol. The van der Waals surface area contributed by atoms with Crippen LogP contribution in [-0.2, 0) is 11.3 Å². The van der Waals surface area contributed by atoms with Gasteiger partial charge >= 0.3 is 0 Å². The molecule has 0 aliphatic heterocycles. The summed E-state index contributed by atoms with van der Waals surface area (Å²) in [5.74, 6) is 0.767. The molecule has 4 heteroatoms. The summed E-state index contributed by atoms with van der Waals surface area (Å²) in [4.78, 5) is 16.1. The van der Waals surface area contributed by atoms with Crippen LogP contribution in [0, 0.1) is 6.92 Å². The van der Waals surface area contributed by atoms with Crippen molar-refractivity contribution < 1.29 is 4.79 Å². The number of aryl methyl sites for hydroxylation is 1. The van der Waals surface area contributed by atoms with Crippen molar-refractivity contribution in [1.29, 1.82) is 0 Å². The molecule has 0 bridgehead atoms. The van der Waals surface area contributed by atoms with E-state index in [0.29, 0.717) is 0 Å². The summed E-state index contributed by atoms with van der Waals surface area (Å²) in [5, 5.41) is 2.90. The van der Waals surface area contributed by atoms with Crippen molar-refractivity contribution >= 4 is 11.6 Å². The molecule has 1 N–H and O–H groups in total. The molecule has 1 amide bonds. The van der Waals surface area contributed by atoms with Crippen LogP contribution in [0.4, 0.5) is 5.69 Å². The fourth-order valence-electron chi connectivity index (χ4n) is 2.30. The van der Waals surface area contributed by atoms with E-state index in [0.717, 1.165) is 22.6 Å². The van der Waals surface area contributed by atoms with E-state index < -0.39 is 0 Å². The van der Waals surface area contributed by atoms with E-state index in [1.54, 1.807) is 12.4 Å². The molecule has 0 unspecified atom stereocenters. The fourth-order valence-corrected chi connectivity index (χ4v) is 2.30. The lowest BCUT2D eigenvalue weighted by atomic mass is 10.1. The number of carbonyl (C=O) groups is 1. The number of benzene rings is 2. The van der Waals surface area contributed by atoms with Gasteiger partial charge in [0.1, 0.15) is 12.4 Å². The number of nitrogens with one attached hydrogen (secondary N) is 1. The first-order valence-electron chi connectivity index (χ1n) is 7.15. The molecule has 1 heterocycles. The van der Waals surface area contributed by atoms with E-state index in [1.807, 2.05) is 54.0 Å². The Balaban J connectivity index is 1.66. The number of anilines is 1. The minimum Gasteiger partial charge on any atom is -0.326 e. The molecule has 0 radical (unpaired) electrons. The second kappa shape index (κ2) is 6.26. The van der Waals surface area contributed by atoms with E-state index in [4.69, 9.17) is 0 Å². The number of nitrogens with zero attached hydrogens (tertiary/aromatic N) is 2. The summed E-state index contributed by atoms with van der Waals surface area (Å²) in [7, 11) is 0. The molecule has 110 valence electrons. The van der Waals surface area contributed by atoms with Crippen LogP contribution in [0.2, 0.25) is 0 Å². The minimum absolute atomic E-state index is 0.0615. The van der Waals surface area contributed by atoms with Crippen molar-refractivity contribution in [3.63, 3.8) is 0 Å². The summed E-state index contributed by atoms with van der Waals surface area (Å²) in [5.41, 5.74) is 3.08. The average molecular weight is 291 g/mol. The van der Waals surface area contributed by atoms with Gasteiger partial charge in [0.25, 0.3) is 0 Å². The standard InChI is InChI=1S/C18H17N3O/c1-14-19-11-12-21(14)13-18(22)20-17-9-7-16(8-10-17)15-5-3-2-4-6-15/h2-12H,13H2,1H3,(H,20,22). The summed E-state index contributed by atoms with van der Waals surface area (Å²) in [6.45, 7) is 2.15. The molecular formula is C18H17N3O. The molecule has 0 fully saturated rings. The van der Waals surface area contributed by atoms with Crippen LogP contribution in [0.5, 0.6) is 0 Å². The van der Waals surface area contributed by atoms with Gasteiger partial charge in [-0.2, -0.15) is 0 Å². The summed E-state index contributed by atoms with van der Waals surface area (Å²) >= 11 is 0. The number of hydrogen-bond acceptors (Lipinski definition) is 2. The summed E-state index contributed by atoms with van der Waals surface area (Å²) in [6, 6.07) is 18.0. The molecule has 3 aromatic rings. The molecule has 4 nitrogen and oxygen atoms in total. The second-order valence-corrected chi connectivity index (χ2v) is 5.09. The van der Waals surface area contributed by atoms with Gasteiger partial charge in [0.05, 0.1) is 0 Å². The van der Waals surface area contributed by atoms with E-state index in [9.17, 15) is 4.79 Å². The largest absolute Gasteiger partial charge is 0.326 e. The van der Waals surface area contributed by atoms with E-state index in [-0.39, 0.29) is 12.5 Å². The molecule has 0 saturated carbocycles. The van der Waals surface area contributed by atoms with Gasteiger partial charge in [-0.25, -0.2) is 4.98 Å². The Morgan fingerprint density at radius 3 is 2.36 bits per heavy atom. The van der Waals surface area contributed by atoms with Gasteiger partial charge in [0.15, 0.2) is 0 Å². The highest BCUT2D eigenvalue weighted by molar-refractivity contribution is 5.90. The lowest BCUT2D eigenvalue weighted by Gasteiger charge is -2.08. The number of hydrogen-bond donors (Lipinski definition) is 1. The Hall–Kier alpha value is -2.88. The first kappa shape index (κ1) is 14.1. The van der Waals surface area contributed by atoms with Crippen LogP contribution in [0.3, 0.4) is 0 Å². The smallest absolute Gasteiger partial charge is 0.244 e. The quantitative estimate of drug-likeness (QED) is 0.799. The van der Waals surface area contributed by atoms with Crippen molar-refractivity contribution in [2.45, 2.75) is 13.5 Å². The number of aromatic nitrogens is 2. The van der Waals surface area contributed by atoms with Crippen molar-refractivity contribution in [2.75, 3.05) is 5.32 Å². The maximum Gasteiger partial charge on any atom is 0.244 e. The Morgan fingerprint density at radius 1 is 1.05 bits per heavy atom. The SMILES string of the molecule is Cc1nccn1CC(=O)Nc1ccc(-c2ccccc2)cc1. The van der Waals surface area contributed by atoms with Crippen molar-refractivity contribution in [3.8, 4) is 11.1 Å². The number of rotatable bonds is 4. The van der Waals surface area contributed by atoms with Gasteiger partial charge in [-0.15, -0.1) is 0 Å². The molecule has 0 aliphatic rings. The predicted octanol–water partition coefficient (Wildman–Crippen LogP) is 3.50. The molecule has 1 aromatic heterocycles. The van der Waals surface area contributed by atoms with Crippen LogP contribution in [-0.4, -0.2) is 15.5 Å². The zero-order chi connectivity index (χ0) is 15.4. The number of amides is 1. The molecule has 0 aliphatic carbocycles. The first-order chi connectivity index (χ1) is 10.7. The number of imidazole rings is 1. The lowest BCUT2D eigenvalue weighted by Crippen LogP contribution is -2.18. The van der Waals surface area contributed by atoms with Crippen LogP contribution in [0.1, 0.15) is 5.82 Å². The highest BCUT2D eigenvalue weighted by Gasteiger charge is 2.05. The highest BCUT2D eigenvalue weighted by Crippen LogP contribution is 2.20. The molecule has 0 atom stereocenters. The van der Waals surface area contributed by atoms with E-state index >= 15 is 0 Å².